The smallest absolute Gasteiger partial charge is 0.306 e. The third-order valence-corrected chi connectivity index (χ3v) is 4.24. The second kappa shape index (κ2) is 8.82. The van der Waals surface area contributed by atoms with Crippen LogP contribution in [0, 0.1) is 0 Å². The molecule has 10 heteroatoms. The standard InChI is InChI=1S/C19H21NO8S/c1-11(21)20-17-13(7-9-15(26-3)19(17)27-4)18(22)12-6-8-14(25-2)16(10-12)28-29(5,23)24/h6-10H,1-5H3,(H,20,21). The summed E-state index contributed by atoms with van der Waals surface area (Å²) < 4.78 is 43.5. The fourth-order valence-electron chi connectivity index (χ4n) is 2.62. The summed E-state index contributed by atoms with van der Waals surface area (Å²) in [5.74, 6) is -0.417. The predicted octanol–water partition coefficient (Wildman–Crippen LogP) is 2.24. The third-order valence-electron chi connectivity index (χ3n) is 3.76. The molecule has 0 aliphatic rings. The second-order valence-electron chi connectivity index (χ2n) is 5.89. The molecule has 0 spiro atoms. The van der Waals surface area contributed by atoms with Crippen molar-refractivity contribution >= 4 is 27.5 Å². The Morgan fingerprint density at radius 3 is 2.03 bits per heavy atom. The summed E-state index contributed by atoms with van der Waals surface area (Å²) in [6, 6.07) is 7.10. The van der Waals surface area contributed by atoms with E-state index in [1.807, 2.05) is 0 Å². The molecule has 0 heterocycles. The molecule has 0 aliphatic carbocycles. The Balaban J connectivity index is 2.62. The fourth-order valence-corrected chi connectivity index (χ4v) is 3.07. The van der Waals surface area contributed by atoms with Gasteiger partial charge in [0.15, 0.2) is 28.8 Å². The van der Waals surface area contributed by atoms with E-state index >= 15 is 0 Å². The number of amides is 1. The molecule has 9 nitrogen and oxygen atoms in total. The zero-order valence-electron chi connectivity index (χ0n) is 16.6. The molecule has 0 bridgehead atoms. The van der Waals surface area contributed by atoms with Crippen LogP contribution in [0.1, 0.15) is 22.8 Å². The normalized spacial score (nSPS) is 10.8. The summed E-state index contributed by atoms with van der Waals surface area (Å²) in [5.41, 5.74) is 0.363. The Morgan fingerprint density at radius 1 is 0.897 bits per heavy atom. The van der Waals surface area contributed by atoms with Crippen LogP contribution < -0.4 is 23.7 Å². The Bertz CT molecular complexity index is 1050. The SMILES string of the molecule is COc1ccc(C(=O)c2ccc(OC)c(OC)c2NC(C)=O)cc1OS(C)(=O)=O. The van der Waals surface area contributed by atoms with Crippen LogP contribution in [0.4, 0.5) is 5.69 Å². The minimum Gasteiger partial charge on any atom is -0.493 e. The van der Waals surface area contributed by atoms with Gasteiger partial charge in [0.2, 0.25) is 5.91 Å². The summed E-state index contributed by atoms with van der Waals surface area (Å²) >= 11 is 0. The molecule has 0 saturated heterocycles. The van der Waals surface area contributed by atoms with Gasteiger partial charge in [0.25, 0.3) is 0 Å². The van der Waals surface area contributed by atoms with Crippen molar-refractivity contribution in [3.05, 3.63) is 41.5 Å². The Labute approximate surface area is 168 Å². The van der Waals surface area contributed by atoms with Crippen LogP contribution in [0.5, 0.6) is 23.0 Å². The van der Waals surface area contributed by atoms with E-state index in [0.29, 0.717) is 5.75 Å². The molecule has 0 aromatic heterocycles. The predicted molar refractivity (Wildman–Crippen MR) is 106 cm³/mol. The monoisotopic (exact) mass is 423 g/mol. The van der Waals surface area contributed by atoms with Crippen LogP contribution >= 0.6 is 0 Å². The van der Waals surface area contributed by atoms with E-state index in [4.69, 9.17) is 18.4 Å². The first kappa shape index (κ1) is 22.0. The molecule has 0 aliphatic heterocycles. The summed E-state index contributed by atoms with van der Waals surface area (Å²) in [6.45, 7) is 1.29. The topological polar surface area (TPSA) is 117 Å². The minimum absolute atomic E-state index is 0.114. The highest BCUT2D eigenvalue weighted by atomic mass is 32.2. The fraction of sp³-hybridized carbons (Fsp3) is 0.263. The highest BCUT2D eigenvalue weighted by Gasteiger charge is 2.23. The lowest BCUT2D eigenvalue weighted by atomic mass is 10.00. The maximum atomic E-state index is 13.1. The van der Waals surface area contributed by atoms with Crippen LogP contribution in [0.3, 0.4) is 0 Å². The Hall–Kier alpha value is -3.27. The van der Waals surface area contributed by atoms with Gasteiger partial charge in [0.1, 0.15) is 0 Å². The zero-order chi connectivity index (χ0) is 21.8. The number of hydrogen-bond acceptors (Lipinski definition) is 8. The summed E-state index contributed by atoms with van der Waals surface area (Å²) in [7, 11) is 0.301. The van der Waals surface area contributed by atoms with Gasteiger partial charge in [-0.1, -0.05) is 0 Å². The molecule has 1 N–H and O–H groups in total. The molecule has 2 rings (SSSR count). The number of rotatable bonds is 8. The molecule has 156 valence electrons. The summed E-state index contributed by atoms with van der Waals surface area (Å²) in [6.07, 6.45) is 0.879. The van der Waals surface area contributed by atoms with Crippen molar-refractivity contribution < 1.29 is 36.4 Å². The highest BCUT2D eigenvalue weighted by Crippen LogP contribution is 2.39. The molecule has 0 atom stereocenters. The molecule has 0 unspecified atom stereocenters. The summed E-state index contributed by atoms with van der Waals surface area (Å²) in [5, 5.41) is 2.58. The van der Waals surface area contributed by atoms with Crippen molar-refractivity contribution in [3.63, 3.8) is 0 Å². The van der Waals surface area contributed by atoms with Crippen molar-refractivity contribution in [2.45, 2.75) is 6.92 Å². The molecular formula is C19H21NO8S. The van der Waals surface area contributed by atoms with Gasteiger partial charge < -0.3 is 23.7 Å². The molecule has 2 aromatic carbocycles. The Kier molecular flexibility index (Phi) is 6.70. The van der Waals surface area contributed by atoms with Crippen LogP contribution in [0.15, 0.2) is 30.3 Å². The number of hydrogen-bond donors (Lipinski definition) is 1. The molecule has 0 fully saturated rings. The number of carbonyl (C=O) groups is 2. The number of ketones is 1. The van der Waals surface area contributed by atoms with E-state index in [9.17, 15) is 18.0 Å². The van der Waals surface area contributed by atoms with Gasteiger partial charge in [-0.25, -0.2) is 0 Å². The number of benzene rings is 2. The largest absolute Gasteiger partial charge is 0.493 e. The maximum Gasteiger partial charge on any atom is 0.306 e. The quantitative estimate of drug-likeness (QED) is 0.507. The van der Waals surface area contributed by atoms with Gasteiger partial charge in [0, 0.05) is 12.5 Å². The molecule has 0 radical (unpaired) electrons. The Morgan fingerprint density at radius 2 is 1.52 bits per heavy atom. The lowest BCUT2D eigenvalue weighted by molar-refractivity contribution is -0.114. The van der Waals surface area contributed by atoms with Gasteiger partial charge in [-0.3, -0.25) is 9.59 Å². The van der Waals surface area contributed by atoms with E-state index in [1.54, 1.807) is 0 Å². The molecular weight excluding hydrogens is 402 g/mol. The van der Waals surface area contributed by atoms with E-state index in [-0.39, 0.29) is 34.1 Å². The number of methoxy groups -OCH3 is 3. The van der Waals surface area contributed by atoms with Crippen molar-refractivity contribution in [1.29, 1.82) is 0 Å². The lowest BCUT2D eigenvalue weighted by Crippen LogP contribution is -2.14. The number of carbonyl (C=O) groups excluding carboxylic acids is 2. The molecule has 1 amide bonds. The maximum absolute atomic E-state index is 13.1. The van der Waals surface area contributed by atoms with Gasteiger partial charge in [-0.2, -0.15) is 8.42 Å². The third kappa shape index (κ3) is 5.17. The first-order chi connectivity index (χ1) is 13.6. The van der Waals surface area contributed by atoms with Gasteiger partial charge in [-0.15, -0.1) is 0 Å². The van der Waals surface area contributed by atoms with Gasteiger partial charge in [-0.05, 0) is 30.3 Å². The van der Waals surface area contributed by atoms with Crippen LogP contribution in [0.25, 0.3) is 0 Å². The zero-order valence-corrected chi connectivity index (χ0v) is 17.4. The van der Waals surface area contributed by atoms with Crippen molar-refractivity contribution in [1.82, 2.24) is 0 Å². The molecule has 0 saturated carbocycles. The minimum atomic E-state index is -3.85. The lowest BCUT2D eigenvalue weighted by Gasteiger charge is -2.17. The van der Waals surface area contributed by atoms with Crippen molar-refractivity contribution in [2.24, 2.45) is 0 Å². The molecule has 2 aromatic rings. The van der Waals surface area contributed by atoms with E-state index in [0.717, 1.165) is 6.26 Å². The summed E-state index contributed by atoms with van der Waals surface area (Å²) in [4.78, 5) is 24.8. The first-order valence-corrected chi connectivity index (χ1v) is 10.1. The van der Waals surface area contributed by atoms with Crippen LogP contribution in [-0.2, 0) is 14.9 Å². The first-order valence-electron chi connectivity index (χ1n) is 8.26. The average Bonchev–Trinajstić information content (AvgIpc) is 2.65. The van der Waals surface area contributed by atoms with Gasteiger partial charge >= 0.3 is 10.1 Å². The van der Waals surface area contributed by atoms with E-state index in [2.05, 4.69) is 5.32 Å². The number of anilines is 1. The molecule has 29 heavy (non-hydrogen) atoms. The van der Waals surface area contributed by atoms with Crippen molar-refractivity contribution in [3.8, 4) is 23.0 Å². The van der Waals surface area contributed by atoms with E-state index in [1.165, 1.54) is 58.6 Å². The highest BCUT2D eigenvalue weighted by molar-refractivity contribution is 7.86. The average molecular weight is 423 g/mol. The number of ether oxygens (including phenoxy) is 3. The van der Waals surface area contributed by atoms with Gasteiger partial charge in [0.05, 0.1) is 38.8 Å². The number of nitrogens with one attached hydrogen (secondary N) is 1. The second-order valence-corrected chi connectivity index (χ2v) is 7.46. The van der Waals surface area contributed by atoms with E-state index < -0.39 is 21.8 Å². The van der Waals surface area contributed by atoms with Crippen LogP contribution in [-0.4, -0.2) is 47.7 Å². The van der Waals surface area contributed by atoms with Crippen LogP contribution in [0.2, 0.25) is 0 Å². The van der Waals surface area contributed by atoms with Crippen molar-refractivity contribution in [2.75, 3.05) is 32.9 Å².